The number of phenolic OH excluding ortho intramolecular Hbond substituents is 1. The number of aromatic hydroxyl groups is 1. The van der Waals surface area contributed by atoms with Gasteiger partial charge in [0.1, 0.15) is 11.5 Å². The Hall–Kier alpha value is -2.04. The lowest BCUT2D eigenvalue weighted by Gasteiger charge is -2.17. The van der Waals surface area contributed by atoms with Gasteiger partial charge in [-0.2, -0.15) is 4.98 Å². The Morgan fingerprint density at radius 3 is 2.75 bits per heavy atom. The highest BCUT2D eigenvalue weighted by atomic mass is 16.5. The minimum absolute atomic E-state index is 0.0863. The van der Waals surface area contributed by atoms with Gasteiger partial charge in [-0.15, -0.1) is 0 Å². The van der Waals surface area contributed by atoms with Gasteiger partial charge < -0.3 is 14.4 Å². The maximum Gasteiger partial charge on any atom is 0.261 e. The fourth-order valence-electron chi connectivity index (χ4n) is 2.69. The molecule has 1 heterocycles. The predicted molar refractivity (Wildman–Crippen MR) is 73.8 cm³/mol. The van der Waals surface area contributed by atoms with Crippen LogP contribution in [0, 0.1) is 0 Å². The molecule has 106 valence electrons. The second kappa shape index (κ2) is 5.53. The first-order valence-corrected chi connectivity index (χ1v) is 6.99. The molecule has 2 aromatic rings. The van der Waals surface area contributed by atoms with Crippen LogP contribution in [-0.4, -0.2) is 22.4 Å². The summed E-state index contributed by atoms with van der Waals surface area (Å²) < 4.78 is 10.4. The van der Waals surface area contributed by atoms with Crippen LogP contribution in [0.1, 0.15) is 43.8 Å². The van der Waals surface area contributed by atoms with Gasteiger partial charge in [0.2, 0.25) is 0 Å². The van der Waals surface area contributed by atoms with E-state index in [1.165, 1.54) is 19.3 Å². The Bertz CT molecular complexity index is 589. The topological polar surface area (TPSA) is 68.4 Å². The molecule has 5 heteroatoms. The summed E-state index contributed by atoms with van der Waals surface area (Å²) in [6, 6.07) is 5.03. The van der Waals surface area contributed by atoms with Gasteiger partial charge in [-0.3, -0.25) is 0 Å². The Labute approximate surface area is 117 Å². The largest absolute Gasteiger partial charge is 0.507 e. The van der Waals surface area contributed by atoms with Crippen molar-refractivity contribution in [2.75, 3.05) is 7.11 Å². The normalized spacial score (nSPS) is 16.2. The summed E-state index contributed by atoms with van der Waals surface area (Å²) in [5.74, 6) is 2.20. The van der Waals surface area contributed by atoms with E-state index >= 15 is 0 Å². The van der Waals surface area contributed by atoms with Crippen molar-refractivity contribution >= 4 is 0 Å². The zero-order valence-electron chi connectivity index (χ0n) is 11.5. The maximum atomic E-state index is 9.99. The number of phenols is 1. The third-order valence-electron chi connectivity index (χ3n) is 3.85. The van der Waals surface area contributed by atoms with Gasteiger partial charge in [0.25, 0.3) is 5.89 Å². The number of nitrogens with zero attached hydrogens (tertiary/aromatic N) is 2. The van der Waals surface area contributed by atoms with E-state index in [-0.39, 0.29) is 5.75 Å². The fourth-order valence-corrected chi connectivity index (χ4v) is 2.69. The van der Waals surface area contributed by atoms with E-state index in [0.717, 1.165) is 18.7 Å². The molecule has 0 spiro atoms. The van der Waals surface area contributed by atoms with Crippen LogP contribution >= 0.6 is 0 Å². The smallest absolute Gasteiger partial charge is 0.261 e. The van der Waals surface area contributed by atoms with Gasteiger partial charge >= 0.3 is 0 Å². The molecular formula is C15H18N2O3. The Kier molecular flexibility index (Phi) is 3.58. The molecule has 1 aromatic heterocycles. The number of methoxy groups -OCH3 is 1. The average molecular weight is 274 g/mol. The van der Waals surface area contributed by atoms with Crippen LogP contribution in [-0.2, 0) is 0 Å². The van der Waals surface area contributed by atoms with E-state index in [0.29, 0.717) is 23.1 Å². The minimum Gasteiger partial charge on any atom is -0.507 e. The van der Waals surface area contributed by atoms with E-state index in [9.17, 15) is 5.11 Å². The molecule has 0 atom stereocenters. The highest BCUT2D eigenvalue weighted by Gasteiger charge is 2.22. The van der Waals surface area contributed by atoms with E-state index in [1.54, 1.807) is 25.3 Å². The van der Waals surface area contributed by atoms with Gasteiger partial charge in [0, 0.05) is 12.0 Å². The molecular weight excluding hydrogens is 256 g/mol. The summed E-state index contributed by atoms with van der Waals surface area (Å²) in [5.41, 5.74) is 0.542. The highest BCUT2D eigenvalue weighted by Crippen LogP contribution is 2.35. The summed E-state index contributed by atoms with van der Waals surface area (Å²) >= 11 is 0. The first-order valence-electron chi connectivity index (χ1n) is 6.99. The summed E-state index contributed by atoms with van der Waals surface area (Å²) in [6.45, 7) is 0. The van der Waals surface area contributed by atoms with Crippen molar-refractivity contribution in [1.29, 1.82) is 0 Å². The summed E-state index contributed by atoms with van der Waals surface area (Å²) in [5, 5.41) is 14.1. The monoisotopic (exact) mass is 274 g/mol. The lowest BCUT2D eigenvalue weighted by molar-refractivity contribution is 0.383. The molecule has 0 unspecified atom stereocenters. The van der Waals surface area contributed by atoms with Crippen molar-refractivity contribution in [3.05, 3.63) is 24.0 Å². The van der Waals surface area contributed by atoms with Crippen LogP contribution in [0.3, 0.4) is 0 Å². The molecule has 1 aliphatic carbocycles. The third-order valence-corrected chi connectivity index (χ3v) is 3.85. The van der Waals surface area contributed by atoms with Crippen molar-refractivity contribution in [3.63, 3.8) is 0 Å². The van der Waals surface area contributed by atoms with Gasteiger partial charge in [0.05, 0.1) is 12.7 Å². The standard InChI is InChI=1S/C15H18N2O3/c1-19-11-7-8-12(13(18)9-11)15-16-14(17-20-15)10-5-3-2-4-6-10/h7-10,18H,2-6H2,1H3. The molecule has 0 radical (unpaired) electrons. The quantitative estimate of drug-likeness (QED) is 0.927. The molecule has 1 fully saturated rings. The second-order valence-corrected chi connectivity index (χ2v) is 5.18. The number of hydrogen-bond acceptors (Lipinski definition) is 5. The molecule has 3 rings (SSSR count). The van der Waals surface area contributed by atoms with E-state index in [1.807, 2.05) is 0 Å². The van der Waals surface area contributed by atoms with Crippen LogP contribution in [0.15, 0.2) is 22.7 Å². The lowest BCUT2D eigenvalue weighted by atomic mass is 9.89. The number of hydrogen-bond donors (Lipinski definition) is 1. The molecule has 0 saturated heterocycles. The van der Waals surface area contributed by atoms with Crippen LogP contribution in [0.25, 0.3) is 11.5 Å². The van der Waals surface area contributed by atoms with Crippen LogP contribution in [0.5, 0.6) is 11.5 Å². The molecule has 20 heavy (non-hydrogen) atoms. The van der Waals surface area contributed by atoms with Crippen LogP contribution < -0.4 is 4.74 Å². The molecule has 1 aromatic carbocycles. The Morgan fingerprint density at radius 2 is 2.05 bits per heavy atom. The van der Waals surface area contributed by atoms with E-state index in [2.05, 4.69) is 10.1 Å². The first kappa shape index (κ1) is 13.0. The predicted octanol–water partition coefficient (Wildman–Crippen LogP) is 3.50. The summed E-state index contributed by atoms with van der Waals surface area (Å²) in [4.78, 5) is 4.44. The van der Waals surface area contributed by atoms with Gasteiger partial charge in [0.15, 0.2) is 5.82 Å². The van der Waals surface area contributed by atoms with Crippen molar-refractivity contribution in [1.82, 2.24) is 10.1 Å². The fraction of sp³-hybridized carbons (Fsp3) is 0.467. The molecule has 1 N–H and O–H groups in total. The average Bonchev–Trinajstić information content (AvgIpc) is 2.97. The van der Waals surface area contributed by atoms with Gasteiger partial charge in [-0.25, -0.2) is 0 Å². The zero-order chi connectivity index (χ0) is 13.9. The molecule has 1 aliphatic rings. The van der Waals surface area contributed by atoms with Crippen molar-refractivity contribution in [2.45, 2.75) is 38.0 Å². The van der Waals surface area contributed by atoms with Gasteiger partial charge in [-0.1, -0.05) is 24.4 Å². The SMILES string of the molecule is COc1ccc(-c2nc(C3CCCCC3)no2)c(O)c1. The Balaban J connectivity index is 1.85. The van der Waals surface area contributed by atoms with Crippen molar-refractivity contribution in [2.24, 2.45) is 0 Å². The third kappa shape index (κ3) is 2.48. The number of rotatable bonds is 3. The molecule has 0 bridgehead atoms. The van der Waals surface area contributed by atoms with Crippen LogP contribution in [0.4, 0.5) is 0 Å². The van der Waals surface area contributed by atoms with Crippen LogP contribution in [0.2, 0.25) is 0 Å². The molecule has 0 aliphatic heterocycles. The summed E-state index contributed by atoms with van der Waals surface area (Å²) in [7, 11) is 1.56. The summed E-state index contributed by atoms with van der Waals surface area (Å²) in [6.07, 6.45) is 5.98. The number of aromatic nitrogens is 2. The van der Waals surface area contributed by atoms with Crippen molar-refractivity contribution < 1.29 is 14.4 Å². The molecule has 5 nitrogen and oxygen atoms in total. The molecule has 0 amide bonds. The van der Waals surface area contributed by atoms with Gasteiger partial charge in [-0.05, 0) is 25.0 Å². The Morgan fingerprint density at radius 1 is 1.25 bits per heavy atom. The van der Waals surface area contributed by atoms with Crippen molar-refractivity contribution in [3.8, 4) is 23.0 Å². The first-order chi connectivity index (χ1) is 9.78. The zero-order valence-corrected chi connectivity index (χ0v) is 11.5. The molecule has 1 saturated carbocycles. The number of ether oxygens (including phenoxy) is 1. The number of benzene rings is 1. The lowest BCUT2D eigenvalue weighted by Crippen LogP contribution is -2.06. The highest BCUT2D eigenvalue weighted by molar-refractivity contribution is 5.63. The second-order valence-electron chi connectivity index (χ2n) is 5.18. The minimum atomic E-state index is 0.0863. The maximum absolute atomic E-state index is 9.99. The van der Waals surface area contributed by atoms with E-state index < -0.39 is 0 Å². The van der Waals surface area contributed by atoms with E-state index in [4.69, 9.17) is 9.26 Å².